The summed E-state index contributed by atoms with van der Waals surface area (Å²) in [5, 5.41) is 5.81. The van der Waals surface area contributed by atoms with Crippen LogP contribution >= 0.6 is 0 Å². The fraction of sp³-hybridized carbons (Fsp3) is 0.800. The van der Waals surface area contributed by atoms with Crippen LogP contribution in [0.3, 0.4) is 0 Å². The van der Waals surface area contributed by atoms with Crippen molar-refractivity contribution in [3.05, 3.63) is 0 Å². The zero-order valence-electron chi connectivity index (χ0n) is 6.19. The lowest BCUT2D eigenvalue weighted by Crippen LogP contribution is -2.40. The first-order chi connectivity index (χ1) is 4.22. The zero-order valence-corrected chi connectivity index (χ0v) is 6.19. The number of ketones is 1. The Labute approximate surface area is 56.6 Å². The molecule has 0 aromatic carbocycles. The molecule has 0 heterocycles. The molecule has 0 bridgehead atoms. The minimum atomic E-state index is -0.0324. The van der Waals surface area contributed by atoms with Gasteiger partial charge in [0, 0.05) is 6.54 Å². The molecule has 0 aromatic rings. The van der Waals surface area contributed by atoms with E-state index in [0.717, 1.165) is 0 Å². The van der Waals surface area contributed by atoms with Crippen molar-refractivity contribution < 1.29 is 4.79 Å². The fourth-order valence-electron chi connectivity index (χ4n) is 0.653. The number of rotatable bonds is 4. The third kappa shape index (κ3) is 3.27. The average molecular weight is 128 g/mol. The van der Waals surface area contributed by atoms with Crippen molar-refractivity contribution in [1.29, 1.82) is 0 Å². The van der Waals surface area contributed by atoms with Crippen molar-refractivity contribution in [1.82, 2.24) is 10.5 Å². The molecule has 0 aliphatic carbocycles. The molecule has 0 aromatic heterocycles. The van der Waals surface area contributed by atoms with Crippen LogP contribution in [0.15, 0.2) is 0 Å². The molecule has 3 nitrogen and oxygen atoms in total. The van der Waals surface area contributed by atoms with Crippen LogP contribution in [-0.2, 0) is 4.79 Å². The van der Waals surface area contributed by atoms with Gasteiger partial charge < -0.3 is 10.5 Å². The summed E-state index contributed by atoms with van der Waals surface area (Å²) >= 11 is 0. The molecule has 0 aliphatic rings. The molecule has 0 rings (SSSR count). The Bertz CT molecular complexity index is 97.0. The van der Waals surface area contributed by atoms with E-state index < -0.39 is 0 Å². The molecular weight excluding hydrogens is 115 g/mol. The molecule has 1 atom stereocenters. The highest BCUT2D eigenvalue weighted by molar-refractivity contribution is 6.04. The van der Waals surface area contributed by atoms with Crippen molar-refractivity contribution in [2.75, 3.05) is 13.6 Å². The Morgan fingerprint density at radius 2 is 2.33 bits per heavy atom. The summed E-state index contributed by atoms with van der Waals surface area (Å²) in [6.45, 7) is 2.28. The second-order valence-electron chi connectivity index (χ2n) is 2.01. The third-order valence-corrected chi connectivity index (χ3v) is 1.25. The van der Waals surface area contributed by atoms with Crippen molar-refractivity contribution in [2.45, 2.75) is 13.0 Å². The van der Waals surface area contributed by atoms with E-state index in [0.29, 0.717) is 6.54 Å². The molecule has 0 amide bonds. The van der Waals surface area contributed by atoms with Crippen LogP contribution in [0, 0.1) is 0 Å². The molecular formula is C5H13BN2O. The predicted molar refractivity (Wildman–Crippen MR) is 40.1 cm³/mol. The van der Waals surface area contributed by atoms with Gasteiger partial charge in [-0.15, -0.1) is 0 Å². The smallest absolute Gasteiger partial charge is 0.182 e. The van der Waals surface area contributed by atoms with Crippen LogP contribution in [0.5, 0.6) is 0 Å². The van der Waals surface area contributed by atoms with E-state index in [1.807, 2.05) is 7.98 Å². The molecule has 9 heavy (non-hydrogen) atoms. The lowest BCUT2D eigenvalue weighted by molar-refractivity contribution is -0.118. The molecule has 52 valence electrons. The largest absolute Gasteiger partial charge is 0.360 e. The van der Waals surface area contributed by atoms with Crippen molar-refractivity contribution in [3.8, 4) is 0 Å². The second-order valence-corrected chi connectivity index (χ2v) is 2.01. The number of carbonyl (C=O) groups is 1. The van der Waals surface area contributed by atoms with E-state index in [4.69, 9.17) is 0 Å². The predicted octanol–water partition coefficient (Wildman–Crippen LogP) is -1.70. The molecule has 0 spiro atoms. The maximum Gasteiger partial charge on any atom is 0.182 e. The van der Waals surface area contributed by atoms with Gasteiger partial charge in [-0.2, -0.15) is 0 Å². The first-order valence-corrected chi connectivity index (χ1v) is 3.04. The quantitative estimate of drug-likeness (QED) is 0.443. The minimum absolute atomic E-state index is 0.0324. The summed E-state index contributed by atoms with van der Waals surface area (Å²) in [6.07, 6.45) is 0. The molecule has 0 radical (unpaired) electrons. The lowest BCUT2D eigenvalue weighted by atomic mass is 10.2. The van der Waals surface area contributed by atoms with E-state index in [9.17, 15) is 4.79 Å². The first kappa shape index (κ1) is 8.65. The molecule has 4 heteroatoms. The van der Waals surface area contributed by atoms with Crippen LogP contribution in [0.2, 0.25) is 0 Å². The summed E-state index contributed by atoms with van der Waals surface area (Å²) in [4.78, 5) is 10.7. The Balaban J connectivity index is 3.54. The highest BCUT2D eigenvalue weighted by atomic mass is 16.1. The Morgan fingerprint density at radius 3 is 2.44 bits per heavy atom. The Morgan fingerprint density at radius 1 is 1.78 bits per heavy atom. The minimum Gasteiger partial charge on any atom is -0.360 e. The SMILES string of the molecule is BNCC(NC)C(C)=O. The Kier molecular flexibility index (Phi) is 4.35. The lowest BCUT2D eigenvalue weighted by Gasteiger charge is -2.10. The summed E-state index contributed by atoms with van der Waals surface area (Å²) in [6, 6.07) is -0.0324. The molecule has 0 fully saturated rings. The van der Waals surface area contributed by atoms with Gasteiger partial charge >= 0.3 is 0 Å². The maximum atomic E-state index is 10.7. The van der Waals surface area contributed by atoms with Gasteiger partial charge in [-0.25, -0.2) is 0 Å². The van der Waals surface area contributed by atoms with Gasteiger partial charge in [0.05, 0.1) is 6.04 Å². The van der Waals surface area contributed by atoms with Crippen LogP contribution in [0.4, 0.5) is 0 Å². The van der Waals surface area contributed by atoms with Gasteiger partial charge in [-0.05, 0) is 14.0 Å². The van der Waals surface area contributed by atoms with Crippen molar-refractivity contribution in [2.24, 2.45) is 0 Å². The maximum absolute atomic E-state index is 10.7. The van der Waals surface area contributed by atoms with Gasteiger partial charge in [0.1, 0.15) is 5.78 Å². The number of likely N-dealkylation sites (N-methyl/N-ethyl adjacent to an activating group) is 1. The monoisotopic (exact) mass is 128 g/mol. The highest BCUT2D eigenvalue weighted by Crippen LogP contribution is 1.79. The van der Waals surface area contributed by atoms with Crippen molar-refractivity contribution in [3.63, 3.8) is 0 Å². The van der Waals surface area contributed by atoms with E-state index in [2.05, 4.69) is 10.5 Å². The number of nitrogens with one attached hydrogen (secondary N) is 2. The number of hydrogen-bond acceptors (Lipinski definition) is 3. The number of hydrogen-bond donors (Lipinski definition) is 2. The fourth-order valence-corrected chi connectivity index (χ4v) is 0.653. The molecule has 0 saturated carbocycles. The summed E-state index contributed by atoms with van der Waals surface area (Å²) in [5.74, 6) is 0.173. The van der Waals surface area contributed by atoms with Crippen LogP contribution in [-0.4, -0.2) is 33.4 Å². The summed E-state index contributed by atoms with van der Waals surface area (Å²) < 4.78 is 0. The molecule has 0 saturated heterocycles. The van der Waals surface area contributed by atoms with Gasteiger partial charge in [0.15, 0.2) is 7.98 Å². The van der Waals surface area contributed by atoms with Crippen molar-refractivity contribution >= 4 is 13.8 Å². The molecule has 1 unspecified atom stereocenters. The first-order valence-electron chi connectivity index (χ1n) is 3.04. The van der Waals surface area contributed by atoms with Gasteiger partial charge in [-0.1, -0.05) is 0 Å². The number of Topliss-reactive ketones (excluding diaryl/α,β-unsaturated/α-hetero) is 1. The van der Waals surface area contributed by atoms with E-state index in [1.165, 1.54) is 0 Å². The van der Waals surface area contributed by atoms with Gasteiger partial charge in [-0.3, -0.25) is 4.79 Å². The normalized spacial score (nSPS) is 13.1. The zero-order chi connectivity index (χ0) is 7.28. The van der Waals surface area contributed by atoms with Crippen LogP contribution < -0.4 is 10.5 Å². The number of carbonyl (C=O) groups excluding carboxylic acids is 1. The topological polar surface area (TPSA) is 41.1 Å². The highest BCUT2D eigenvalue weighted by Gasteiger charge is 2.07. The summed E-state index contributed by atoms with van der Waals surface area (Å²) in [5.41, 5.74) is 0. The van der Waals surface area contributed by atoms with E-state index >= 15 is 0 Å². The second kappa shape index (κ2) is 4.53. The third-order valence-electron chi connectivity index (χ3n) is 1.25. The van der Waals surface area contributed by atoms with Gasteiger partial charge in [0.2, 0.25) is 0 Å². The summed E-state index contributed by atoms with van der Waals surface area (Å²) in [7, 11) is 3.61. The Hall–Kier alpha value is -0.345. The molecule has 2 N–H and O–H groups in total. The standard InChI is InChI=1S/C5H13BN2O/c1-4(9)5(7-2)3-8-6/h5,7-8H,3,6H2,1-2H3. The average Bonchev–Trinajstić information content (AvgIpc) is 1.82. The van der Waals surface area contributed by atoms with E-state index in [1.54, 1.807) is 14.0 Å². The van der Waals surface area contributed by atoms with E-state index in [-0.39, 0.29) is 11.8 Å². The molecule has 0 aliphatic heterocycles. The van der Waals surface area contributed by atoms with Crippen LogP contribution in [0.25, 0.3) is 0 Å². The van der Waals surface area contributed by atoms with Gasteiger partial charge in [0.25, 0.3) is 0 Å². The van der Waals surface area contributed by atoms with Crippen LogP contribution in [0.1, 0.15) is 6.92 Å².